The van der Waals surface area contributed by atoms with Crippen molar-refractivity contribution in [3.05, 3.63) is 12.2 Å². The third kappa shape index (κ3) is 5.81. The molecule has 0 aliphatic rings. The molecule has 0 aromatic carbocycles. The van der Waals surface area contributed by atoms with Crippen molar-refractivity contribution in [2.45, 2.75) is 20.8 Å². The highest BCUT2D eigenvalue weighted by molar-refractivity contribution is 7.57. The van der Waals surface area contributed by atoms with E-state index < -0.39 is 0 Å². The average Bonchev–Trinajstić information content (AvgIpc) is 2.12. The molecule has 0 spiro atoms. The highest BCUT2D eigenvalue weighted by atomic mass is 31.1. The van der Waals surface area contributed by atoms with Crippen LogP contribution in [-0.4, -0.2) is 31.1 Å². The van der Waals surface area contributed by atoms with Gasteiger partial charge in [0.1, 0.15) is 0 Å². The second-order valence-corrected chi connectivity index (χ2v) is 6.00. The monoisotopic (exact) mass is 202 g/mol. The van der Waals surface area contributed by atoms with Crippen molar-refractivity contribution in [3.8, 4) is 0 Å². The first-order valence-corrected chi connectivity index (χ1v) is 6.56. The van der Waals surface area contributed by atoms with E-state index in [1.807, 2.05) is 0 Å². The van der Waals surface area contributed by atoms with E-state index in [1.54, 1.807) is 6.92 Å². The number of ether oxygens (including phenoxy) is 1. The van der Waals surface area contributed by atoms with E-state index in [-0.39, 0.29) is 13.9 Å². The van der Waals surface area contributed by atoms with E-state index in [4.69, 9.17) is 4.74 Å². The van der Waals surface area contributed by atoms with Crippen LogP contribution in [0.25, 0.3) is 0 Å². The molecule has 76 valence electrons. The molecular weight excluding hydrogens is 183 g/mol. The quantitative estimate of drug-likeness (QED) is 0.376. The summed E-state index contributed by atoms with van der Waals surface area (Å²) in [6.45, 7) is 10.1. The second kappa shape index (κ2) is 7.08. The maximum Gasteiger partial charge on any atom is 0.333 e. The molecule has 0 saturated carbocycles. The average molecular weight is 202 g/mol. The van der Waals surface area contributed by atoms with Gasteiger partial charge in [0.15, 0.2) is 0 Å². The smallest absolute Gasteiger partial charge is 0.333 e. The van der Waals surface area contributed by atoms with Gasteiger partial charge in [0, 0.05) is 11.7 Å². The molecular formula is C10H19O2P. The summed E-state index contributed by atoms with van der Waals surface area (Å²) >= 11 is 0. The highest BCUT2D eigenvalue weighted by Crippen LogP contribution is 2.33. The second-order valence-electron chi connectivity index (χ2n) is 2.94. The van der Waals surface area contributed by atoms with Crippen molar-refractivity contribution in [1.82, 2.24) is 0 Å². The standard InChI is InChI=1S/C10H19O2P/c1-5-13(6-2)8-7-12-10(11)9(3)4/h3,5-8H2,1-2,4H3. The molecule has 0 fully saturated rings. The lowest BCUT2D eigenvalue weighted by Gasteiger charge is -2.12. The lowest BCUT2D eigenvalue weighted by Crippen LogP contribution is -2.09. The van der Waals surface area contributed by atoms with Crippen LogP contribution < -0.4 is 0 Å². The van der Waals surface area contributed by atoms with E-state index in [0.717, 1.165) is 6.16 Å². The van der Waals surface area contributed by atoms with Crippen LogP contribution in [0.5, 0.6) is 0 Å². The number of hydrogen-bond acceptors (Lipinski definition) is 2. The molecule has 0 bridgehead atoms. The molecule has 0 aromatic heterocycles. The zero-order valence-corrected chi connectivity index (χ0v) is 9.69. The molecule has 13 heavy (non-hydrogen) atoms. The Morgan fingerprint density at radius 3 is 2.31 bits per heavy atom. The Morgan fingerprint density at radius 1 is 1.38 bits per heavy atom. The molecule has 0 aliphatic carbocycles. The SMILES string of the molecule is C=C(C)C(=O)OCCP(CC)CC. The van der Waals surface area contributed by atoms with Crippen LogP contribution in [-0.2, 0) is 9.53 Å². The third-order valence-electron chi connectivity index (χ3n) is 1.88. The number of carbonyl (C=O) groups excluding carboxylic acids is 1. The van der Waals surface area contributed by atoms with E-state index >= 15 is 0 Å². The summed E-state index contributed by atoms with van der Waals surface area (Å²) in [6.07, 6.45) is 3.47. The van der Waals surface area contributed by atoms with Gasteiger partial charge in [-0.05, 0) is 19.2 Å². The molecule has 0 heterocycles. The van der Waals surface area contributed by atoms with E-state index in [1.165, 1.54) is 12.3 Å². The lowest BCUT2D eigenvalue weighted by molar-refractivity contribution is -0.138. The third-order valence-corrected chi connectivity index (χ3v) is 4.49. The van der Waals surface area contributed by atoms with Gasteiger partial charge in [0.2, 0.25) is 0 Å². The molecule has 0 unspecified atom stereocenters. The van der Waals surface area contributed by atoms with Crippen LogP contribution in [0.3, 0.4) is 0 Å². The summed E-state index contributed by atoms with van der Waals surface area (Å²) in [7, 11) is 0.0869. The van der Waals surface area contributed by atoms with Gasteiger partial charge in [0.25, 0.3) is 0 Å². The van der Waals surface area contributed by atoms with Crippen LogP contribution in [0.15, 0.2) is 12.2 Å². The van der Waals surface area contributed by atoms with Gasteiger partial charge in [0.05, 0.1) is 6.61 Å². The normalized spacial score (nSPS) is 10.2. The van der Waals surface area contributed by atoms with Crippen molar-refractivity contribution >= 4 is 13.9 Å². The fraction of sp³-hybridized carbons (Fsp3) is 0.700. The molecule has 0 saturated heterocycles. The Kier molecular flexibility index (Phi) is 6.89. The molecule has 0 amide bonds. The largest absolute Gasteiger partial charge is 0.462 e. The zero-order valence-electron chi connectivity index (χ0n) is 8.80. The lowest BCUT2D eigenvalue weighted by atomic mass is 10.4. The first-order valence-electron chi connectivity index (χ1n) is 4.66. The van der Waals surface area contributed by atoms with Crippen LogP contribution in [0.2, 0.25) is 0 Å². The fourth-order valence-corrected chi connectivity index (χ4v) is 2.36. The minimum Gasteiger partial charge on any atom is -0.462 e. The zero-order chi connectivity index (χ0) is 10.3. The Balaban J connectivity index is 3.54. The van der Waals surface area contributed by atoms with E-state index in [2.05, 4.69) is 20.4 Å². The van der Waals surface area contributed by atoms with Gasteiger partial charge in [-0.25, -0.2) is 4.79 Å². The van der Waals surface area contributed by atoms with Crippen LogP contribution >= 0.6 is 7.92 Å². The number of carbonyl (C=O) groups is 1. The molecule has 0 atom stereocenters. The van der Waals surface area contributed by atoms with E-state index in [9.17, 15) is 4.79 Å². The van der Waals surface area contributed by atoms with Crippen molar-refractivity contribution in [2.24, 2.45) is 0 Å². The van der Waals surface area contributed by atoms with Gasteiger partial charge in [-0.2, -0.15) is 0 Å². The Morgan fingerprint density at radius 2 is 1.92 bits per heavy atom. The summed E-state index contributed by atoms with van der Waals surface area (Å²) in [5, 5.41) is 0. The summed E-state index contributed by atoms with van der Waals surface area (Å²) in [4.78, 5) is 11.0. The Hall–Kier alpha value is -0.360. The van der Waals surface area contributed by atoms with Gasteiger partial charge >= 0.3 is 5.97 Å². The van der Waals surface area contributed by atoms with E-state index in [0.29, 0.717) is 12.2 Å². The first-order chi connectivity index (χ1) is 6.11. The van der Waals surface area contributed by atoms with Crippen molar-refractivity contribution < 1.29 is 9.53 Å². The van der Waals surface area contributed by atoms with Crippen molar-refractivity contribution in [1.29, 1.82) is 0 Å². The molecule has 3 heteroatoms. The van der Waals surface area contributed by atoms with Crippen LogP contribution in [0.4, 0.5) is 0 Å². The Labute approximate surface area is 82.1 Å². The van der Waals surface area contributed by atoms with Gasteiger partial charge in [-0.15, -0.1) is 7.92 Å². The van der Waals surface area contributed by atoms with Crippen LogP contribution in [0.1, 0.15) is 20.8 Å². The molecule has 0 radical (unpaired) electrons. The summed E-state index contributed by atoms with van der Waals surface area (Å²) in [5.41, 5.74) is 0.484. The van der Waals surface area contributed by atoms with Crippen LogP contribution in [0, 0.1) is 0 Å². The minimum absolute atomic E-state index is 0.0869. The molecule has 0 N–H and O–H groups in total. The predicted molar refractivity (Wildman–Crippen MR) is 58.6 cm³/mol. The van der Waals surface area contributed by atoms with Gasteiger partial charge in [-0.1, -0.05) is 20.4 Å². The maximum atomic E-state index is 11.0. The molecule has 0 aromatic rings. The molecule has 2 nitrogen and oxygen atoms in total. The molecule has 0 rings (SSSR count). The van der Waals surface area contributed by atoms with Gasteiger partial charge in [-0.3, -0.25) is 0 Å². The number of esters is 1. The van der Waals surface area contributed by atoms with Crippen molar-refractivity contribution in [2.75, 3.05) is 25.1 Å². The summed E-state index contributed by atoms with van der Waals surface area (Å²) in [6, 6.07) is 0. The maximum absolute atomic E-state index is 11.0. The first kappa shape index (κ1) is 12.6. The number of rotatable bonds is 6. The van der Waals surface area contributed by atoms with Crippen molar-refractivity contribution in [3.63, 3.8) is 0 Å². The topological polar surface area (TPSA) is 26.3 Å². The molecule has 0 aliphatic heterocycles. The minimum atomic E-state index is -0.262. The predicted octanol–water partition coefficient (Wildman–Crippen LogP) is 2.63. The Bertz CT molecular complexity index is 174. The summed E-state index contributed by atoms with van der Waals surface area (Å²) < 4.78 is 5.02. The fourth-order valence-electron chi connectivity index (χ4n) is 0.930. The highest BCUT2D eigenvalue weighted by Gasteiger charge is 2.05. The summed E-state index contributed by atoms with van der Waals surface area (Å²) in [5.74, 6) is -0.262. The number of hydrogen-bond donors (Lipinski definition) is 0. The van der Waals surface area contributed by atoms with Gasteiger partial charge < -0.3 is 4.74 Å².